The lowest BCUT2D eigenvalue weighted by atomic mass is 10.1. The number of aromatic nitrogens is 4. The Morgan fingerprint density at radius 1 is 1.15 bits per heavy atom. The van der Waals surface area contributed by atoms with Gasteiger partial charge in [-0.2, -0.15) is 15.2 Å². The van der Waals surface area contributed by atoms with E-state index in [0.29, 0.717) is 55.8 Å². The number of fused-ring (bicyclic) bond motifs is 1. The molecule has 6 rings (SSSR count). The van der Waals surface area contributed by atoms with Gasteiger partial charge < -0.3 is 24.5 Å². The van der Waals surface area contributed by atoms with Crippen LogP contribution < -0.4 is 25.9 Å². The number of carbonyl (C=O) groups excluding carboxylic acids is 1. The minimum absolute atomic E-state index is 0.0800. The number of ether oxygens (including phenoxy) is 2. The summed E-state index contributed by atoms with van der Waals surface area (Å²) in [6.45, 7) is 3.32. The summed E-state index contributed by atoms with van der Waals surface area (Å²) in [6, 6.07) is 13.7. The molecule has 200 valence electrons. The first-order chi connectivity index (χ1) is 19.1. The van der Waals surface area contributed by atoms with Crippen LogP contribution in [0.25, 0.3) is 22.5 Å². The predicted octanol–water partition coefficient (Wildman–Crippen LogP) is 2.29. The van der Waals surface area contributed by atoms with Gasteiger partial charge in [0.1, 0.15) is 36.0 Å². The highest BCUT2D eigenvalue weighted by Gasteiger charge is 2.33. The van der Waals surface area contributed by atoms with Crippen molar-refractivity contribution in [2.45, 2.75) is 31.5 Å². The van der Waals surface area contributed by atoms with Gasteiger partial charge in [0.25, 0.3) is 5.71 Å². The van der Waals surface area contributed by atoms with Crippen LogP contribution in [0, 0.1) is 0 Å². The van der Waals surface area contributed by atoms with Crippen LogP contribution in [0.15, 0.2) is 64.1 Å². The number of benzene rings is 1. The Kier molecular flexibility index (Phi) is 7.11. The molecule has 2 aliphatic rings. The maximum atomic E-state index is 12.4. The third-order valence-electron chi connectivity index (χ3n) is 6.68. The highest BCUT2D eigenvalue weighted by Crippen LogP contribution is 2.24. The van der Waals surface area contributed by atoms with Crippen molar-refractivity contribution >= 4 is 23.1 Å². The SMILES string of the molecule is O=C1O[C@@H](CCNCc2cccc(-c3cc(OC[C@@H]4CCN4)cnn3)c2)CN1c1ccc2ncc(=O)oc2n1. The van der Waals surface area contributed by atoms with Crippen molar-refractivity contribution in [3.8, 4) is 17.0 Å². The van der Waals surface area contributed by atoms with E-state index in [0.717, 1.165) is 36.0 Å². The van der Waals surface area contributed by atoms with Gasteiger partial charge in [0.2, 0.25) is 0 Å². The summed E-state index contributed by atoms with van der Waals surface area (Å²) < 4.78 is 16.5. The van der Waals surface area contributed by atoms with Gasteiger partial charge in [-0.3, -0.25) is 4.90 Å². The smallest absolute Gasteiger partial charge is 0.415 e. The molecular formula is C27H27N7O5. The molecule has 0 radical (unpaired) electrons. The van der Waals surface area contributed by atoms with E-state index in [9.17, 15) is 9.59 Å². The van der Waals surface area contributed by atoms with E-state index in [4.69, 9.17) is 13.9 Å². The molecule has 2 saturated heterocycles. The molecule has 2 aliphatic heterocycles. The van der Waals surface area contributed by atoms with Crippen LogP contribution in [0.4, 0.5) is 10.6 Å². The highest BCUT2D eigenvalue weighted by atomic mass is 16.6. The molecule has 5 heterocycles. The Morgan fingerprint density at radius 3 is 2.95 bits per heavy atom. The second kappa shape index (κ2) is 11.1. The average molecular weight is 530 g/mol. The zero-order valence-electron chi connectivity index (χ0n) is 21.1. The Morgan fingerprint density at radius 2 is 2.08 bits per heavy atom. The van der Waals surface area contributed by atoms with E-state index in [1.807, 2.05) is 24.3 Å². The summed E-state index contributed by atoms with van der Waals surface area (Å²) in [5.74, 6) is 1.06. The zero-order chi connectivity index (χ0) is 26.6. The molecule has 39 heavy (non-hydrogen) atoms. The fourth-order valence-electron chi connectivity index (χ4n) is 4.44. The van der Waals surface area contributed by atoms with Crippen LogP contribution in [0.3, 0.4) is 0 Å². The van der Waals surface area contributed by atoms with Gasteiger partial charge in [-0.15, -0.1) is 0 Å². The third-order valence-corrected chi connectivity index (χ3v) is 6.68. The summed E-state index contributed by atoms with van der Waals surface area (Å²) in [4.78, 5) is 33.6. The number of cyclic esters (lactones) is 1. The summed E-state index contributed by atoms with van der Waals surface area (Å²) >= 11 is 0. The maximum Gasteiger partial charge on any atom is 0.415 e. The zero-order valence-corrected chi connectivity index (χ0v) is 21.1. The van der Waals surface area contributed by atoms with Crippen molar-refractivity contribution < 1.29 is 18.7 Å². The van der Waals surface area contributed by atoms with E-state index < -0.39 is 11.7 Å². The second-order valence-corrected chi connectivity index (χ2v) is 9.48. The van der Waals surface area contributed by atoms with E-state index in [-0.39, 0.29) is 11.8 Å². The van der Waals surface area contributed by atoms with E-state index in [1.165, 1.54) is 4.90 Å². The Labute approximate surface area is 223 Å². The first-order valence-electron chi connectivity index (χ1n) is 12.8. The summed E-state index contributed by atoms with van der Waals surface area (Å²) in [6.07, 6.45) is 3.71. The van der Waals surface area contributed by atoms with Crippen LogP contribution >= 0.6 is 0 Å². The van der Waals surface area contributed by atoms with Crippen molar-refractivity contribution in [1.29, 1.82) is 0 Å². The van der Waals surface area contributed by atoms with Crippen LogP contribution in [-0.2, 0) is 11.3 Å². The second-order valence-electron chi connectivity index (χ2n) is 9.48. The fourth-order valence-corrected chi connectivity index (χ4v) is 4.44. The van der Waals surface area contributed by atoms with Crippen molar-refractivity contribution in [2.75, 3.05) is 31.1 Å². The van der Waals surface area contributed by atoms with Crippen molar-refractivity contribution in [3.05, 3.63) is 70.8 Å². The lowest BCUT2D eigenvalue weighted by molar-refractivity contribution is 0.136. The number of hydrogen-bond donors (Lipinski definition) is 2. The molecule has 2 fully saturated rings. The van der Waals surface area contributed by atoms with Crippen LogP contribution in [-0.4, -0.2) is 64.6 Å². The number of nitrogens with zero attached hydrogens (tertiary/aromatic N) is 5. The summed E-state index contributed by atoms with van der Waals surface area (Å²) in [7, 11) is 0. The Balaban J connectivity index is 1.00. The van der Waals surface area contributed by atoms with Crippen molar-refractivity contribution in [1.82, 2.24) is 30.8 Å². The molecule has 0 saturated carbocycles. The largest absolute Gasteiger partial charge is 0.490 e. The lowest BCUT2D eigenvalue weighted by Gasteiger charge is -2.27. The molecular weight excluding hydrogens is 502 g/mol. The maximum absolute atomic E-state index is 12.4. The topological polar surface area (TPSA) is 145 Å². The molecule has 1 aromatic carbocycles. The number of carbonyl (C=O) groups is 1. The molecule has 4 aromatic rings. The number of rotatable bonds is 10. The van der Waals surface area contributed by atoms with Gasteiger partial charge in [0, 0.05) is 24.2 Å². The van der Waals surface area contributed by atoms with Gasteiger partial charge in [-0.1, -0.05) is 18.2 Å². The minimum atomic E-state index is -0.599. The summed E-state index contributed by atoms with van der Waals surface area (Å²) in [5.41, 5.74) is 2.73. The first-order valence-corrected chi connectivity index (χ1v) is 12.8. The van der Waals surface area contributed by atoms with Crippen LogP contribution in [0.5, 0.6) is 5.75 Å². The van der Waals surface area contributed by atoms with Crippen LogP contribution in [0.1, 0.15) is 18.4 Å². The van der Waals surface area contributed by atoms with Gasteiger partial charge in [-0.25, -0.2) is 14.6 Å². The molecule has 0 aliphatic carbocycles. The molecule has 2 N–H and O–H groups in total. The van der Waals surface area contributed by atoms with Gasteiger partial charge in [0.05, 0.1) is 18.4 Å². The highest BCUT2D eigenvalue weighted by molar-refractivity contribution is 5.89. The van der Waals surface area contributed by atoms with Gasteiger partial charge in [0.15, 0.2) is 0 Å². The Bertz CT molecular complexity index is 1540. The molecule has 12 heteroatoms. The standard InChI is InChI=1S/C27H27N7O5/c35-25-14-30-22-4-5-24(32-26(22)39-25)34-15-20(38-27(34)36)7-8-28-12-17-2-1-3-18(10-17)23-11-21(13-31-33-23)37-16-19-6-9-29-19/h1-5,10-11,13-14,19-20,28-29H,6-9,12,15-16H2/t19-,20-/m0/s1. The van der Waals surface area contributed by atoms with E-state index in [1.54, 1.807) is 18.3 Å². The summed E-state index contributed by atoms with van der Waals surface area (Å²) in [5, 5.41) is 15.1. The molecule has 0 bridgehead atoms. The van der Waals surface area contributed by atoms with E-state index in [2.05, 4.69) is 36.9 Å². The number of amides is 1. The number of nitrogens with one attached hydrogen (secondary N) is 2. The molecule has 0 spiro atoms. The first kappa shape index (κ1) is 24.9. The Hall–Kier alpha value is -4.42. The van der Waals surface area contributed by atoms with Gasteiger partial charge in [-0.05, 0) is 49.7 Å². The van der Waals surface area contributed by atoms with Crippen LogP contribution in [0.2, 0.25) is 0 Å². The third kappa shape index (κ3) is 5.86. The molecule has 2 atom stereocenters. The lowest BCUT2D eigenvalue weighted by Crippen LogP contribution is -2.46. The predicted molar refractivity (Wildman–Crippen MR) is 141 cm³/mol. The number of pyridine rings is 1. The average Bonchev–Trinajstić information content (AvgIpc) is 3.30. The van der Waals surface area contributed by atoms with E-state index >= 15 is 0 Å². The molecule has 12 nitrogen and oxygen atoms in total. The molecule has 0 unspecified atom stereocenters. The van der Waals surface area contributed by atoms with Gasteiger partial charge >= 0.3 is 11.7 Å². The minimum Gasteiger partial charge on any atom is -0.490 e. The fraction of sp³-hybridized carbons (Fsp3) is 0.333. The quantitative estimate of drug-likeness (QED) is 0.292. The normalized spacial score (nSPS) is 18.7. The monoisotopic (exact) mass is 529 g/mol. The number of hydrogen-bond acceptors (Lipinski definition) is 11. The molecule has 3 aromatic heterocycles. The van der Waals surface area contributed by atoms with Crippen molar-refractivity contribution in [3.63, 3.8) is 0 Å². The molecule has 1 amide bonds. The van der Waals surface area contributed by atoms with Crippen molar-refractivity contribution in [2.24, 2.45) is 0 Å². The number of anilines is 1.